The highest BCUT2D eigenvalue weighted by Crippen LogP contribution is 2.48. The van der Waals surface area contributed by atoms with Crippen LogP contribution in [0, 0.1) is 5.92 Å². The fourth-order valence-corrected chi connectivity index (χ4v) is 2.76. The van der Waals surface area contributed by atoms with Gasteiger partial charge in [0.1, 0.15) is 0 Å². The standard InChI is InChI=1S/C14H25NO4/c1-5-15(6-2)14(9-10-14)11(12(16)18-7-3)13(17)19-8-4/h11H,5-10H2,1-4H3. The van der Waals surface area contributed by atoms with E-state index < -0.39 is 17.9 Å². The largest absolute Gasteiger partial charge is 0.465 e. The van der Waals surface area contributed by atoms with Crippen LogP contribution in [0.3, 0.4) is 0 Å². The van der Waals surface area contributed by atoms with Crippen LogP contribution in [0.5, 0.6) is 0 Å². The summed E-state index contributed by atoms with van der Waals surface area (Å²) in [5, 5.41) is 0. The molecular formula is C14H25NO4. The Morgan fingerprint density at radius 2 is 1.42 bits per heavy atom. The van der Waals surface area contributed by atoms with Crippen molar-refractivity contribution >= 4 is 11.9 Å². The number of rotatable bonds is 8. The quantitative estimate of drug-likeness (QED) is 0.496. The third kappa shape index (κ3) is 3.26. The molecule has 0 aliphatic heterocycles. The van der Waals surface area contributed by atoms with Gasteiger partial charge in [0.15, 0.2) is 5.92 Å². The van der Waals surface area contributed by atoms with Crippen molar-refractivity contribution in [2.45, 2.75) is 46.1 Å². The van der Waals surface area contributed by atoms with E-state index in [4.69, 9.17) is 9.47 Å². The van der Waals surface area contributed by atoms with Crippen LogP contribution >= 0.6 is 0 Å². The van der Waals surface area contributed by atoms with Gasteiger partial charge in [0, 0.05) is 5.54 Å². The highest BCUT2D eigenvalue weighted by Gasteiger charge is 2.60. The third-order valence-corrected chi connectivity index (χ3v) is 3.74. The van der Waals surface area contributed by atoms with Crippen LogP contribution in [0.25, 0.3) is 0 Å². The molecule has 0 unspecified atom stereocenters. The lowest BCUT2D eigenvalue weighted by atomic mass is 9.95. The van der Waals surface area contributed by atoms with Crippen molar-refractivity contribution in [1.82, 2.24) is 4.90 Å². The lowest BCUT2D eigenvalue weighted by Gasteiger charge is -2.33. The second kappa shape index (κ2) is 6.89. The number of hydrogen-bond donors (Lipinski definition) is 0. The van der Waals surface area contributed by atoms with Crippen LogP contribution in [-0.4, -0.2) is 48.7 Å². The zero-order valence-electron chi connectivity index (χ0n) is 12.4. The minimum absolute atomic E-state index is 0.281. The summed E-state index contributed by atoms with van der Waals surface area (Å²) < 4.78 is 10.1. The molecule has 1 aliphatic carbocycles. The Hall–Kier alpha value is -1.10. The van der Waals surface area contributed by atoms with Crippen LogP contribution in [0.1, 0.15) is 40.5 Å². The first-order valence-electron chi connectivity index (χ1n) is 7.15. The molecule has 5 nitrogen and oxygen atoms in total. The molecule has 0 aromatic heterocycles. The van der Waals surface area contributed by atoms with Crippen LogP contribution < -0.4 is 0 Å². The van der Waals surface area contributed by atoms with E-state index >= 15 is 0 Å². The van der Waals surface area contributed by atoms with Crippen LogP contribution in [0.4, 0.5) is 0 Å². The van der Waals surface area contributed by atoms with Gasteiger partial charge >= 0.3 is 11.9 Å². The first-order chi connectivity index (χ1) is 9.07. The van der Waals surface area contributed by atoms with Crippen LogP contribution in [-0.2, 0) is 19.1 Å². The lowest BCUT2D eigenvalue weighted by Crippen LogP contribution is -2.50. The van der Waals surface area contributed by atoms with Crippen molar-refractivity contribution < 1.29 is 19.1 Å². The Kier molecular flexibility index (Phi) is 5.79. The fraction of sp³-hybridized carbons (Fsp3) is 0.857. The van der Waals surface area contributed by atoms with E-state index in [1.54, 1.807) is 13.8 Å². The van der Waals surface area contributed by atoms with E-state index in [1.807, 2.05) is 13.8 Å². The summed E-state index contributed by atoms with van der Waals surface area (Å²) in [5.74, 6) is -1.72. The topological polar surface area (TPSA) is 55.8 Å². The minimum atomic E-state index is -0.813. The van der Waals surface area contributed by atoms with Gasteiger partial charge in [0.2, 0.25) is 0 Å². The monoisotopic (exact) mass is 271 g/mol. The van der Waals surface area contributed by atoms with Crippen LogP contribution in [0.2, 0.25) is 0 Å². The summed E-state index contributed by atoms with van der Waals surface area (Å²) >= 11 is 0. The molecule has 0 spiro atoms. The molecule has 110 valence electrons. The normalized spacial score (nSPS) is 16.5. The maximum Gasteiger partial charge on any atom is 0.322 e. The van der Waals surface area contributed by atoms with E-state index in [0.29, 0.717) is 0 Å². The Bertz CT molecular complexity index is 303. The fourth-order valence-electron chi connectivity index (χ4n) is 2.76. The summed E-state index contributed by atoms with van der Waals surface area (Å²) in [6.45, 7) is 9.76. The van der Waals surface area contributed by atoms with Gasteiger partial charge < -0.3 is 9.47 Å². The molecule has 0 aromatic carbocycles. The molecule has 1 aliphatic rings. The molecule has 19 heavy (non-hydrogen) atoms. The average Bonchev–Trinajstić information content (AvgIpc) is 3.13. The number of carbonyl (C=O) groups is 2. The Morgan fingerprint density at radius 3 is 1.68 bits per heavy atom. The molecule has 0 atom stereocenters. The number of ether oxygens (including phenoxy) is 2. The maximum absolute atomic E-state index is 12.1. The molecule has 0 amide bonds. The van der Waals surface area contributed by atoms with Gasteiger partial charge in [-0.15, -0.1) is 0 Å². The third-order valence-electron chi connectivity index (χ3n) is 3.74. The maximum atomic E-state index is 12.1. The van der Waals surface area contributed by atoms with Crippen molar-refractivity contribution in [3.8, 4) is 0 Å². The predicted molar refractivity (Wildman–Crippen MR) is 71.6 cm³/mol. The molecule has 1 fully saturated rings. The van der Waals surface area contributed by atoms with Gasteiger partial charge in [-0.2, -0.15) is 0 Å². The summed E-state index contributed by atoms with van der Waals surface area (Å²) in [6.07, 6.45) is 1.69. The van der Waals surface area contributed by atoms with Gasteiger partial charge in [0.05, 0.1) is 13.2 Å². The van der Waals surface area contributed by atoms with E-state index in [9.17, 15) is 9.59 Å². The highest BCUT2D eigenvalue weighted by atomic mass is 16.6. The molecule has 5 heteroatoms. The molecule has 0 saturated heterocycles. The van der Waals surface area contributed by atoms with Gasteiger partial charge in [-0.3, -0.25) is 14.5 Å². The van der Waals surface area contributed by atoms with Gasteiger partial charge in [0.25, 0.3) is 0 Å². The summed E-state index contributed by atoms with van der Waals surface area (Å²) in [4.78, 5) is 26.4. The molecule has 1 saturated carbocycles. The number of esters is 2. The number of carbonyl (C=O) groups excluding carboxylic acids is 2. The first-order valence-corrected chi connectivity index (χ1v) is 7.15. The summed E-state index contributed by atoms with van der Waals surface area (Å²) in [7, 11) is 0. The van der Waals surface area contributed by atoms with E-state index in [1.165, 1.54) is 0 Å². The van der Waals surface area contributed by atoms with Crippen molar-refractivity contribution in [3.05, 3.63) is 0 Å². The second-order valence-electron chi connectivity index (χ2n) is 4.71. The van der Waals surface area contributed by atoms with Crippen molar-refractivity contribution in [1.29, 1.82) is 0 Å². The summed E-state index contributed by atoms with van der Waals surface area (Å²) in [5.41, 5.74) is -0.387. The Morgan fingerprint density at radius 1 is 1.00 bits per heavy atom. The first kappa shape index (κ1) is 16.0. The molecular weight excluding hydrogens is 246 g/mol. The average molecular weight is 271 g/mol. The van der Waals surface area contributed by atoms with Crippen molar-refractivity contribution in [3.63, 3.8) is 0 Å². The molecule has 0 aromatic rings. The van der Waals surface area contributed by atoms with Crippen molar-refractivity contribution in [2.75, 3.05) is 26.3 Å². The van der Waals surface area contributed by atoms with E-state index in [-0.39, 0.29) is 18.8 Å². The van der Waals surface area contributed by atoms with Crippen molar-refractivity contribution in [2.24, 2.45) is 5.92 Å². The van der Waals surface area contributed by atoms with E-state index in [0.717, 1.165) is 25.9 Å². The smallest absolute Gasteiger partial charge is 0.322 e. The minimum Gasteiger partial charge on any atom is -0.465 e. The van der Waals surface area contributed by atoms with Gasteiger partial charge in [-0.25, -0.2) is 0 Å². The molecule has 0 bridgehead atoms. The van der Waals surface area contributed by atoms with Gasteiger partial charge in [-0.1, -0.05) is 13.8 Å². The molecule has 0 radical (unpaired) electrons. The Balaban J connectivity index is 2.96. The van der Waals surface area contributed by atoms with Gasteiger partial charge in [-0.05, 0) is 39.8 Å². The zero-order valence-corrected chi connectivity index (χ0v) is 12.4. The van der Waals surface area contributed by atoms with E-state index in [2.05, 4.69) is 4.90 Å². The summed E-state index contributed by atoms with van der Waals surface area (Å²) in [6, 6.07) is 0. The van der Waals surface area contributed by atoms with Crippen LogP contribution in [0.15, 0.2) is 0 Å². The Labute approximate surface area is 115 Å². The highest BCUT2D eigenvalue weighted by molar-refractivity contribution is 5.97. The SMILES string of the molecule is CCOC(=O)C(C(=O)OCC)C1(N(CC)CC)CC1. The predicted octanol–water partition coefficient (Wildman–Crippen LogP) is 1.60. The zero-order chi connectivity index (χ0) is 14.5. The number of hydrogen-bond acceptors (Lipinski definition) is 5. The number of nitrogens with zero attached hydrogens (tertiary/aromatic N) is 1. The second-order valence-corrected chi connectivity index (χ2v) is 4.71. The molecule has 0 heterocycles. The lowest BCUT2D eigenvalue weighted by molar-refractivity contribution is -0.166. The molecule has 0 N–H and O–H groups in total. The molecule has 1 rings (SSSR count).